The van der Waals surface area contributed by atoms with Gasteiger partial charge in [0.2, 0.25) is 0 Å². The molecule has 0 atom stereocenters. The zero-order chi connectivity index (χ0) is 35.3. The van der Waals surface area contributed by atoms with Crippen molar-refractivity contribution in [3.05, 3.63) is 194 Å². The van der Waals surface area contributed by atoms with Crippen LogP contribution in [0.5, 0.6) is 0 Å². The van der Waals surface area contributed by atoms with Crippen LogP contribution >= 0.6 is 0 Å². The number of hydrogen-bond acceptors (Lipinski definition) is 1. The molecule has 0 spiro atoms. The zero-order valence-corrected chi connectivity index (χ0v) is 29.5. The fraction of sp³-hybridized carbons (Fsp3) is 0.0392. The number of fused-ring (bicyclic) bond motifs is 4. The normalized spacial score (nSPS) is 11.6. The number of imidazole rings is 1. The number of aromatic nitrogens is 2. The molecule has 0 amide bonds. The molecule has 250 valence electrons. The maximum Gasteiger partial charge on any atom is 0.114 e. The van der Waals surface area contributed by atoms with Gasteiger partial charge in [-0.25, -0.2) is 4.98 Å². The molecule has 10 rings (SSSR count). The summed E-state index contributed by atoms with van der Waals surface area (Å²) < 4.78 is 2.30. The molecule has 0 saturated heterocycles. The van der Waals surface area contributed by atoms with E-state index in [2.05, 4.69) is 200 Å². The van der Waals surface area contributed by atoms with Gasteiger partial charge in [-0.05, 0) is 125 Å². The molecule has 0 N–H and O–H groups in total. The standard InChI is InChI=1S/C51H36N2/c1-2-49-52-47-23-13-14-24-48(47)53(49)42-28-27-36-29-38(26-25-37(36)33-42)50-43-19-9-11-21-45(43)51(46-22-12-10-20-44(46)50)41-31-39(34-15-5-3-6-16-34)30-40(32-41)35-17-7-4-8-18-35/h3-33H,2H2,1H3. The van der Waals surface area contributed by atoms with Gasteiger partial charge in [0.05, 0.1) is 11.0 Å². The summed E-state index contributed by atoms with van der Waals surface area (Å²) in [6, 6.07) is 68.6. The number of benzene rings is 9. The molecule has 0 fully saturated rings. The van der Waals surface area contributed by atoms with E-state index in [1.807, 2.05) is 0 Å². The van der Waals surface area contributed by atoms with Crippen molar-refractivity contribution >= 4 is 43.4 Å². The van der Waals surface area contributed by atoms with Crippen molar-refractivity contribution < 1.29 is 0 Å². The lowest BCUT2D eigenvalue weighted by Gasteiger charge is -2.19. The van der Waals surface area contributed by atoms with Crippen LogP contribution in [0.2, 0.25) is 0 Å². The molecule has 0 bridgehead atoms. The molecule has 10 aromatic rings. The van der Waals surface area contributed by atoms with E-state index in [0.717, 1.165) is 29.0 Å². The largest absolute Gasteiger partial charge is 0.296 e. The Kier molecular flexibility index (Phi) is 7.47. The first kappa shape index (κ1) is 31.0. The van der Waals surface area contributed by atoms with Gasteiger partial charge < -0.3 is 0 Å². The minimum atomic E-state index is 0.867. The summed E-state index contributed by atoms with van der Waals surface area (Å²) in [5, 5.41) is 7.43. The third kappa shape index (κ3) is 5.30. The van der Waals surface area contributed by atoms with Crippen LogP contribution in [-0.2, 0) is 6.42 Å². The molecule has 2 nitrogen and oxygen atoms in total. The van der Waals surface area contributed by atoms with Crippen molar-refractivity contribution in [1.29, 1.82) is 0 Å². The van der Waals surface area contributed by atoms with Gasteiger partial charge in [0.1, 0.15) is 5.82 Å². The van der Waals surface area contributed by atoms with Crippen molar-refractivity contribution in [1.82, 2.24) is 9.55 Å². The van der Waals surface area contributed by atoms with Crippen molar-refractivity contribution in [3.63, 3.8) is 0 Å². The monoisotopic (exact) mass is 676 g/mol. The third-order valence-corrected chi connectivity index (χ3v) is 10.7. The first-order valence-corrected chi connectivity index (χ1v) is 18.4. The van der Waals surface area contributed by atoms with Crippen molar-refractivity contribution in [2.45, 2.75) is 13.3 Å². The fourth-order valence-corrected chi connectivity index (χ4v) is 8.25. The van der Waals surface area contributed by atoms with Gasteiger partial charge in [0.25, 0.3) is 0 Å². The van der Waals surface area contributed by atoms with Crippen LogP contribution in [0.25, 0.3) is 93.5 Å². The van der Waals surface area contributed by atoms with E-state index >= 15 is 0 Å². The highest BCUT2D eigenvalue weighted by Crippen LogP contribution is 2.45. The van der Waals surface area contributed by atoms with Crippen molar-refractivity contribution in [3.8, 4) is 50.2 Å². The average Bonchev–Trinajstić information content (AvgIpc) is 3.62. The molecule has 2 heteroatoms. The van der Waals surface area contributed by atoms with Crippen LogP contribution in [0.15, 0.2) is 188 Å². The Balaban J connectivity index is 1.18. The highest BCUT2D eigenvalue weighted by atomic mass is 15.1. The molecular formula is C51H36N2. The van der Waals surface area contributed by atoms with Gasteiger partial charge in [-0.3, -0.25) is 4.57 Å². The number of hydrogen-bond donors (Lipinski definition) is 0. The number of rotatable bonds is 6. The van der Waals surface area contributed by atoms with E-state index in [1.165, 1.54) is 76.8 Å². The second kappa shape index (κ2) is 12.8. The van der Waals surface area contributed by atoms with E-state index in [1.54, 1.807) is 0 Å². The Morgan fingerprint density at radius 2 is 0.887 bits per heavy atom. The van der Waals surface area contributed by atoms with Crippen LogP contribution in [0.3, 0.4) is 0 Å². The topological polar surface area (TPSA) is 17.8 Å². The Morgan fingerprint density at radius 1 is 0.396 bits per heavy atom. The van der Waals surface area contributed by atoms with Crippen LogP contribution in [0.1, 0.15) is 12.7 Å². The minimum Gasteiger partial charge on any atom is -0.296 e. The van der Waals surface area contributed by atoms with Gasteiger partial charge in [-0.15, -0.1) is 0 Å². The summed E-state index contributed by atoms with van der Waals surface area (Å²) in [5.74, 6) is 1.07. The molecule has 9 aromatic carbocycles. The van der Waals surface area contributed by atoms with E-state index in [4.69, 9.17) is 4.98 Å². The minimum absolute atomic E-state index is 0.867. The predicted octanol–water partition coefficient (Wildman–Crippen LogP) is 13.7. The van der Waals surface area contributed by atoms with Gasteiger partial charge in [-0.1, -0.05) is 146 Å². The second-order valence-corrected chi connectivity index (χ2v) is 13.8. The Bertz CT molecular complexity index is 2860. The molecule has 1 aromatic heterocycles. The second-order valence-electron chi connectivity index (χ2n) is 13.8. The van der Waals surface area contributed by atoms with Crippen LogP contribution in [-0.4, -0.2) is 9.55 Å². The first-order chi connectivity index (χ1) is 26.2. The molecule has 0 radical (unpaired) electrons. The van der Waals surface area contributed by atoms with Crippen LogP contribution in [0, 0.1) is 0 Å². The van der Waals surface area contributed by atoms with Gasteiger partial charge in [0.15, 0.2) is 0 Å². The third-order valence-electron chi connectivity index (χ3n) is 10.7. The lowest BCUT2D eigenvalue weighted by atomic mass is 9.84. The number of aryl methyl sites for hydroxylation is 1. The highest BCUT2D eigenvalue weighted by Gasteiger charge is 2.19. The summed E-state index contributed by atoms with van der Waals surface area (Å²) in [6.45, 7) is 2.17. The number of nitrogens with zero attached hydrogens (tertiary/aromatic N) is 2. The molecule has 0 aliphatic carbocycles. The zero-order valence-electron chi connectivity index (χ0n) is 29.5. The Labute approximate surface area is 309 Å². The SMILES string of the molecule is CCc1nc2ccccc2n1-c1ccc2cc(-c3c4ccccc4c(-c4cc(-c5ccccc5)cc(-c5ccccc5)c4)c4ccccc34)ccc2c1. The molecular weight excluding hydrogens is 641 g/mol. The van der Waals surface area contributed by atoms with Gasteiger partial charge >= 0.3 is 0 Å². The molecule has 0 aliphatic heterocycles. The average molecular weight is 677 g/mol. The molecule has 53 heavy (non-hydrogen) atoms. The maximum absolute atomic E-state index is 4.93. The summed E-state index contributed by atoms with van der Waals surface area (Å²) in [6.07, 6.45) is 0.867. The lowest BCUT2D eigenvalue weighted by Crippen LogP contribution is -2.00. The lowest BCUT2D eigenvalue weighted by molar-refractivity contribution is 0.909. The van der Waals surface area contributed by atoms with E-state index in [-0.39, 0.29) is 0 Å². The summed E-state index contributed by atoms with van der Waals surface area (Å²) >= 11 is 0. The molecule has 1 heterocycles. The molecule has 0 unspecified atom stereocenters. The highest BCUT2D eigenvalue weighted by molar-refractivity contribution is 6.22. The molecule has 0 saturated carbocycles. The van der Waals surface area contributed by atoms with Gasteiger partial charge in [0, 0.05) is 12.1 Å². The Morgan fingerprint density at radius 3 is 1.49 bits per heavy atom. The maximum atomic E-state index is 4.93. The number of para-hydroxylation sites is 2. The van der Waals surface area contributed by atoms with E-state index in [0.29, 0.717) is 0 Å². The Hall–Kier alpha value is -6.77. The van der Waals surface area contributed by atoms with Crippen LogP contribution in [0.4, 0.5) is 0 Å². The summed E-state index contributed by atoms with van der Waals surface area (Å²) in [4.78, 5) is 4.93. The smallest absolute Gasteiger partial charge is 0.114 e. The van der Waals surface area contributed by atoms with Crippen molar-refractivity contribution in [2.75, 3.05) is 0 Å². The van der Waals surface area contributed by atoms with E-state index < -0.39 is 0 Å². The van der Waals surface area contributed by atoms with Crippen LogP contribution < -0.4 is 0 Å². The summed E-state index contributed by atoms with van der Waals surface area (Å²) in [7, 11) is 0. The quantitative estimate of drug-likeness (QED) is 0.160. The predicted molar refractivity (Wildman–Crippen MR) is 225 cm³/mol. The van der Waals surface area contributed by atoms with Crippen molar-refractivity contribution in [2.24, 2.45) is 0 Å². The fourth-order valence-electron chi connectivity index (χ4n) is 8.25. The first-order valence-electron chi connectivity index (χ1n) is 18.4. The molecule has 0 aliphatic rings. The van der Waals surface area contributed by atoms with E-state index in [9.17, 15) is 0 Å². The summed E-state index contributed by atoms with van der Waals surface area (Å²) in [5.41, 5.74) is 13.1. The van der Waals surface area contributed by atoms with Gasteiger partial charge in [-0.2, -0.15) is 0 Å².